The lowest BCUT2D eigenvalue weighted by Gasteiger charge is -2.14. The maximum absolute atomic E-state index is 12.3. The van der Waals surface area contributed by atoms with Gasteiger partial charge in [0.15, 0.2) is 5.78 Å². The Bertz CT molecular complexity index is 748. The molecule has 5 heteroatoms. The van der Waals surface area contributed by atoms with Crippen LogP contribution in [0, 0.1) is 6.92 Å². The second-order valence-electron chi connectivity index (χ2n) is 6.40. The van der Waals surface area contributed by atoms with Gasteiger partial charge in [-0.1, -0.05) is 25.0 Å². The van der Waals surface area contributed by atoms with Crippen molar-refractivity contribution < 1.29 is 9.59 Å². The van der Waals surface area contributed by atoms with Crippen LogP contribution < -0.4 is 5.32 Å². The number of ketones is 1. The van der Waals surface area contributed by atoms with Gasteiger partial charge in [0.05, 0.1) is 10.6 Å². The Morgan fingerprint density at radius 2 is 1.88 bits per heavy atom. The van der Waals surface area contributed by atoms with E-state index in [0.29, 0.717) is 5.25 Å². The van der Waals surface area contributed by atoms with Gasteiger partial charge in [0, 0.05) is 27.9 Å². The van der Waals surface area contributed by atoms with Crippen molar-refractivity contribution in [2.75, 3.05) is 5.32 Å². The number of carbonyl (C=O) groups is 2. The zero-order chi connectivity index (χ0) is 17.6. The van der Waals surface area contributed by atoms with E-state index < -0.39 is 0 Å². The van der Waals surface area contributed by atoms with Gasteiger partial charge in [0.1, 0.15) is 0 Å². The molecule has 0 bridgehead atoms. The molecule has 1 aromatic heterocycles. The predicted molar refractivity (Wildman–Crippen MR) is 106 cm³/mol. The first-order chi connectivity index (χ1) is 12.1. The van der Waals surface area contributed by atoms with Crippen molar-refractivity contribution in [3.8, 4) is 0 Å². The van der Waals surface area contributed by atoms with Crippen LogP contribution >= 0.6 is 23.1 Å². The molecule has 0 radical (unpaired) electrons. The Kier molecular flexibility index (Phi) is 6.32. The highest BCUT2D eigenvalue weighted by atomic mass is 32.2. The molecule has 132 valence electrons. The molecule has 0 atom stereocenters. The summed E-state index contributed by atoms with van der Waals surface area (Å²) in [6.45, 7) is 1.98. The molecule has 1 fully saturated rings. The molecule has 0 aliphatic heterocycles. The van der Waals surface area contributed by atoms with Crippen molar-refractivity contribution in [2.45, 2.75) is 55.6 Å². The first-order valence-electron chi connectivity index (χ1n) is 8.77. The van der Waals surface area contributed by atoms with Gasteiger partial charge in [0.25, 0.3) is 0 Å². The Hall–Kier alpha value is -1.59. The molecule has 1 heterocycles. The number of thioether (sulfide) groups is 1. The third-order valence-electron chi connectivity index (χ3n) is 4.35. The number of benzene rings is 1. The van der Waals surface area contributed by atoms with Crippen molar-refractivity contribution in [3.63, 3.8) is 0 Å². The summed E-state index contributed by atoms with van der Waals surface area (Å²) in [4.78, 5) is 27.4. The monoisotopic (exact) mass is 373 g/mol. The number of nitrogens with one attached hydrogen (secondary N) is 1. The molecule has 3 rings (SSSR count). The van der Waals surface area contributed by atoms with E-state index in [9.17, 15) is 9.59 Å². The average Bonchev–Trinajstić information content (AvgIpc) is 3.26. The minimum Gasteiger partial charge on any atom is -0.325 e. The highest BCUT2D eigenvalue weighted by molar-refractivity contribution is 8.00. The second kappa shape index (κ2) is 8.68. The summed E-state index contributed by atoms with van der Waals surface area (Å²) in [5.74, 6) is -0.0528. The van der Waals surface area contributed by atoms with E-state index in [1.807, 2.05) is 49.0 Å². The molecule has 1 amide bonds. The number of aryl methyl sites for hydroxylation is 1. The van der Waals surface area contributed by atoms with Gasteiger partial charge in [0.2, 0.25) is 5.91 Å². The second-order valence-corrected chi connectivity index (χ2v) is 9.03. The van der Waals surface area contributed by atoms with Crippen molar-refractivity contribution in [3.05, 3.63) is 46.2 Å². The number of thiophene rings is 1. The van der Waals surface area contributed by atoms with Gasteiger partial charge >= 0.3 is 0 Å². The number of para-hydroxylation sites is 1. The van der Waals surface area contributed by atoms with E-state index in [1.165, 1.54) is 37.0 Å². The lowest BCUT2D eigenvalue weighted by molar-refractivity contribution is -0.116. The van der Waals surface area contributed by atoms with E-state index in [2.05, 4.69) is 11.4 Å². The Morgan fingerprint density at radius 3 is 2.60 bits per heavy atom. The van der Waals surface area contributed by atoms with Gasteiger partial charge in [-0.3, -0.25) is 9.59 Å². The van der Waals surface area contributed by atoms with Crippen molar-refractivity contribution in [1.29, 1.82) is 0 Å². The highest BCUT2D eigenvalue weighted by Crippen LogP contribution is 2.38. The fourth-order valence-electron chi connectivity index (χ4n) is 3.01. The van der Waals surface area contributed by atoms with Crippen LogP contribution in [0.25, 0.3) is 0 Å². The molecular weight excluding hydrogens is 350 g/mol. The Labute approximate surface area is 157 Å². The summed E-state index contributed by atoms with van der Waals surface area (Å²) >= 11 is 3.35. The number of hydrogen-bond acceptors (Lipinski definition) is 4. The number of amides is 1. The number of rotatable bonds is 7. The van der Waals surface area contributed by atoms with Gasteiger partial charge in [-0.05, 0) is 44.0 Å². The minimum atomic E-state index is -0.0962. The molecule has 1 aromatic carbocycles. The van der Waals surface area contributed by atoms with E-state index >= 15 is 0 Å². The zero-order valence-electron chi connectivity index (χ0n) is 14.4. The molecule has 1 aliphatic carbocycles. The van der Waals surface area contributed by atoms with E-state index in [1.54, 1.807) is 0 Å². The largest absolute Gasteiger partial charge is 0.325 e. The standard InChI is InChI=1S/C20H23NO2S2/c1-14-10-12-19(24-14)17(22)11-13-20(23)21-16-8-4-5-9-18(16)25-15-6-2-3-7-15/h4-5,8-10,12,15H,2-3,6-7,11,13H2,1H3,(H,21,23). The quantitative estimate of drug-likeness (QED) is 0.634. The topological polar surface area (TPSA) is 46.2 Å². The van der Waals surface area contributed by atoms with Crippen LogP contribution in [-0.2, 0) is 4.79 Å². The van der Waals surface area contributed by atoms with Crippen LogP contribution in [0.1, 0.15) is 53.1 Å². The van der Waals surface area contributed by atoms with Crippen LogP contribution in [0.2, 0.25) is 0 Å². The summed E-state index contributed by atoms with van der Waals surface area (Å²) in [5, 5.41) is 3.64. The Morgan fingerprint density at radius 1 is 1.12 bits per heavy atom. The Balaban J connectivity index is 1.54. The van der Waals surface area contributed by atoms with Crippen LogP contribution in [-0.4, -0.2) is 16.9 Å². The van der Waals surface area contributed by atoms with E-state index in [-0.39, 0.29) is 24.5 Å². The summed E-state index contributed by atoms with van der Waals surface area (Å²) < 4.78 is 0. The number of carbonyl (C=O) groups excluding carboxylic acids is 2. The van der Waals surface area contributed by atoms with Crippen LogP contribution in [0.3, 0.4) is 0 Å². The average molecular weight is 374 g/mol. The fourth-order valence-corrected chi connectivity index (χ4v) is 5.17. The van der Waals surface area contributed by atoms with Gasteiger partial charge < -0.3 is 5.32 Å². The van der Waals surface area contributed by atoms with Crippen LogP contribution in [0.4, 0.5) is 5.69 Å². The molecule has 0 unspecified atom stereocenters. The predicted octanol–water partition coefficient (Wildman–Crippen LogP) is 5.69. The fraction of sp³-hybridized carbons (Fsp3) is 0.400. The van der Waals surface area contributed by atoms with Crippen LogP contribution in [0.5, 0.6) is 0 Å². The summed E-state index contributed by atoms with van der Waals surface area (Å²) in [7, 11) is 0. The lowest BCUT2D eigenvalue weighted by atomic mass is 10.2. The maximum Gasteiger partial charge on any atom is 0.224 e. The van der Waals surface area contributed by atoms with E-state index in [0.717, 1.165) is 20.3 Å². The molecule has 0 spiro atoms. The molecule has 1 aliphatic rings. The minimum absolute atomic E-state index is 0.0434. The first kappa shape index (κ1) is 18.2. The normalized spacial score (nSPS) is 14.6. The van der Waals surface area contributed by atoms with Gasteiger partial charge in [-0.15, -0.1) is 23.1 Å². The molecule has 1 N–H and O–H groups in total. The molecule has 1 saturated carbocycles. The van der Waals surface area contributed by atoms with Gasteiger partial charge in [-0.25, -0.2) is 0 Å². The summed E-state index contributed by atoms with van der Waals surface area (Å²) in [6, 6.07) is 11.7. The lowest BCUT2D eigenvalue weighted by Crippen LogP contribution is -2.14. The molecule has 25 heavy (non-hydrogen) atoms. The third-order valence-corrected chi connectivity index (χ3v) is 6.81. The smallest absolute Gasteiger partial charge is 0.224 e. The SMILES string of the molecule is Cc1ccc(C(=O)CCC(=O)Nc2ccccc2SC2CCCC2)s1. The first-order valence-corrected chi connectivity index (χ1v) is 10.5. The highest BCUT2D eigenvalue weighted by Gasteiger charge is 2.18. The van der Waals surface area contributed by atoms with Crippen LogP contribution in [0.15, 0.2) is 41.3 Å². The maximum atomic E-state index is 12.3. The zero-order valence-corrected chi connectivity index (χ0v) is 16.1. The number of hydrogen-bond donors (Lipinski definition) is 1. The van der Waals surface area contributed by atoms with Crippen molar-refractivity contribution in [1.82, 2.24) is 0 Å². The van der Waals surface area contributed by atoms with Crippen molar-refractivity contribution in [2.24, 2.45) is 0 Å². The third kappa shape index (κ3) is 5.19. The molecule has 2 aromatic rings. The number of anilines is 1. The molecular formula is C20H23NO2S2. The summed E-state index contributed by atoms with van der Waals surface area (Å²) in [5.41, 5.74) is 0.865. The number of Topliss-reactive ketones (excluding diaryl/α,β-unsaturated/α-hetero) is 1. The summed E-state index contributed by atoms with van der Waals surface area (Å²) in [6.07, 6.45) is 5.58. The van der Waals surface area contributed by atoms with E-state index in [4.69, 9.17) is 0 Å². The van der Waals surface area contributed by atoms with Gasteiger partial charge in [-0.2, -0.15) is 0 Å². The molecule has 0 saturated heterocycles. The van der Waals surface area contributed by atoms with Crippen molar-refractivity contribution >= 4 is 40.5 Å². The molecule has 3 nitrogen and oxygen atoms in total.